The number of aryl methyl sites for hydroxylation is 1. The first-order valence-corrected chi connectivity index (χ1v) is 11.5. The Morgan fingerprint density at radius 2 is 1.46 bits per heavy atom. The highest BCUT2D eigenvalue weighted by molar-refractivity contribution is 6.25. The topological polar surface area (TPSA) is 57.7 Å². The minimum atomic E-state index is -0.415. The predicted molar refractivity (Wildman–Crippen MR) is 133 cm³/mol. The fraction of sp³-hybridized carbons (Fsp3) is 0.138. The summed E-state index contributed by atoms with van der Waals surface area (Å²) in [5.41, 5.74) is 3.02. The number of rotatable bonds is 6. The Morgan fingerprint density at radius 1 is 0.829 bits per heavy atom. The number of nitrogens with zero attached hydrogens (tertiary/aromatic N) is 2. The van der Waals surface area contributed by atoms with Crippen molar-refractivity contribution in [2.24, 2.45) is 0 Å². The monoisotopic (exact) mass is 466 g/mol. The summed E-state index contributed by atoms with van der Waals surface area (Å²) in [5, 5.41) is 1.55. The van der Waals surface area contributed by atoms with Crippen molar-refractivity contribution in [3.05, 3.63) is 113 Å². The van der Waals surface area contributed by atoms with E-state index in [0.29, 0.717) is 28.5 Å². The van der Waals surface area contributed by atoms with Crippen LogP contribution in [0.4, 0.5) is 10.1 Å². The van der Waals surface area contributed by atoms with Crippen molar-refractivity contribution in [1.82, 2.24) is 4.90 Å². The normalized spacial score (nSPS) is 12.8. The van der Waals surface area contributed by atoms with Gasteiger partial charge in [-0.1, -0.05) is 42.5 Å². The zero-order valence-corrected chi connectivity index (χ0v) is 19.2. The molecule has 5 nitrogen and oxygen atoms in total. The summed E-state index contributed by atoms with van der Waals surface area (Å²) in [6, 6.07) is 23.8. The first-order chi connectivity index (χ1) is 17.0. The summed E-state index contributed by atoms with van der Waals surface area (Å²) in [6.45, 7) is 2.36. The van der Waals surface area contributed by atoms with E-state index in [-0.39, 0.29) is 30.8 Å². The van der Waals surface area contributed by atoms with Crippen molar-refractivity contribution in [3.8, 4) is 0 Å². The van der Waals surface area contributed by atoms with Crippen molar-refractivity contribution in [2.75, 3.05) is 18.0 Å². The van der Waals surface area contributed by atoms with Crippen molar-refractivity contribution >= 4 is 34.2 Å². The molecule has 0 unspecified atom stereocenters. The van der Waals surface area contributed by atoms with E-state index in [4.69, 9.17) is 0 Å². The molecule has 1 aliphatic heterocycles. The Balaban J connectivity index is 1.39. The van der Waals surface area contributed by atoms with Gasteiger partial charge in [-0.3, -0.25) is 19.3 Å². The van der Waals surface area contributed by atoms with E-state index in [2.05, 4.69) is 0 Å². The molecule has 3 amide bonds. The van der Waals surface area contributed by atoms with Gasteiger partial charge in [0.1, 0.15) is 5.82 Å². The van der Waals surface area contributed by atoms with Gasteiger partial charge in [0.05, 0.1) is 0 Å². The minimum absolute atomic E-state index is 0.168. The maximum Gasteiger partial charge on any atom is 0.261 e. The number of carbonyl (C=O) groups excluding carboxylic acids is 3. The summed E-state index contributed by atoms with van der Waals surface area (Å²) in [5.74, 6) is -1.34. The minimum Gasteiger partial charge on any atom is -0.308 e. The van der Waals surface area contributed by atoms with Crippen LogP contribution in [0.3, 0.4) is 0 Å². The van der Waals surface area contributed by atoms with Gasteiger partial charge in [-0.15, -0.1) is 0 Å². The van der Waals surface area contributed by atoms with Gasteiger partial charge in [0.25, 0.3) is 17.7 Å². The van der Waals surface area contributed by atoms with Crippen LogP contribution in [0.25, 0.3) is 10.8 Å². The number of anilines is 1. The van der Waals surface area contributed by atoms with Crippen LogP contribution in [0.15, 0.2) is 84.9 Å². The molecule has 0 aromatic heterocycles. The van der Waals surface area contributed by atoms with E-state index in [1.165, 1.54) is 29.2 Å². The van der Waals surface area contributed by atoms with Crippen LogP contribution in [0.2, 0.25) is 0 Å². The van der Waals surface area contributed by atoms with E-state index in [1.807, 2.05) is 55.5 Å². The lowest BCUT2D eigenvalue weighted by Crippen LogP contribution is -2.42. The molecule has 0 aliphatic carbocycles. The molecule has 174 valence electrons. The van der Waals surface area contributed by atoms with Gasteiger partial charge >= 0.3 is 0 Å². The molecule has 0 radical (unpaired) electrons. The second kappa shape index (κ2) is 9.14. The Kier molecular flexibility index (Phi) is 5.87. The molecule has 0 atom stereocenters. The van der Waals surface area contributed by atoms with Crippen LogP contribution < -0.4 is 4.90 Å². The molecule has 5 rings (SSSR count). The lowest BCUT2D eigenvalue weighted by atomic mass is 9.94. The Hall–Kier alpha value is -4.32. The third-order valence-electron chi connectivity index (χ3n) is 6.36. The van der Waals surface area contributed by atoms with Crippen LogP contribution in [0.1, 0.15) is 43.1 Å². The third kappa shape index (κ3) is 4.08. The van der Waals surface area contributed by atoms with Crippen molar-refractivity contribution in [2.45, 2.75) is 13.3 Å². The molecule has 1 aliphatic rings. The molecule has 6 heteroatoms. The van der Waals surface area contributed by atoms with Crippen LogP contribution in [0.5, 0.6) is 0 Å². The zero-order valence-electron chi connectivity index (χ0n) is 19.2. The fourth-order valence-electron chi connectivity index (χ4n) is 4.62. The summed E-state index contributed by atoms with van der Waals surface area (Å²) in [4.78, 5) is 42.6. The van der Waals surface area contributed by atoms with Gasteiger partial charge in [0, 0.05) is 40.9 Å². The quantitative estimate of drug-likeness (QED) is 0.347. The number of halogens is 1. The van der Waals surface area contributed by atoms with Gasteiger partial charge in [-0.25, -0.2) is 4.39 Å². The molecule has 0 fully saturated rings. The number of carbonyl (C=O) groups is 3. The van der Waals surface area contributed by atoms with E-state index in [0.717, 1.165) is 16.6 Å². The SMILES string of the molecule is Cc1ccccc1N(CCCN1C(=O)c2cccc3cccc(c23)C1=O)C(=O)c1ccc(F)cc1. The molecular formula is C29H23FN2O3. The largest absolute Gasteiger partial charge is 0.308 e. The van der Waals surface area contributed by atoms with Crippen LogP contribution >= 0.6 is 0 Å². The van der Waals surface area contributed by atoms with E-state index < -0.39 is 5.82 Å². The molecule has 0 saturated carbocycles. The van der Waals surface area contributed by atoms with Crippen LogP contribution in [0, 0.1) is 12.7 Å². The van der Waals surface area contributed by atoms with Crippen molar-refractivity contribution in [1.29, 1.82) is 0 Å². The molecule has 4 aromatic carbocycles. The standard InChI is InChI=1S/C29H23FN2O3/c1-19-7-2-3-12-25(19)31(27(33)21-13-15-22(30)16-14-21)17-6-18-32-28(34)23-10-4-8-20-9-5-11-24(26(20)23)29(32)35/h2-5,7-16H,6,17-18H2,1H3. The molecule has 0 spiro atoms. The molecule has 0 N–H and O–H groups in total. The number of hydrogen-bond acceptors (Lipinski definition) is 3. The van der Waals surface area contributed by atoms with Gasteiger partial charge in [-0.2, -0.15) is 0 Å². The number of para-hydroxylation sites is 1. The van der Waals surface area contributed by atoms with E-state index >= 15 is 0 Å². The summed E-state index contributed by atoms with van der Waals surface area (Å²) >= 11 is 0. The molecular weight excluding hydrogens is 443 g/mol. The van der Waals surface area contributed by atoms with Crippen molar-refractivity contribution in [3.63, 3.8) is 0 Å². The average molecular weight is 467 g/mol. The Morgan fingerprint density at radius 3 is 2.09 bits per heavy atom. The van der Waals surface area contributed by atoms with Gasteiger partial charge < -0.3 is 4.90 Å². The van der Waals surface area contributed by atoms with Crippen molar-refractivity contribution < 1.29 is 18.8 Å². The smallest absolute Gasteiger partial charge is 0.261 e. The van der Waals surface area contributed by atoms with Gasteiger partial charge in [0.15, 0.2) is 0 Å². The first kappa shape index (κ1) is 22.5. The lowest BCUT2D eigenvalue weighted by molar-refractivity contribution is 0.0610. The summed E-state index contributed by atoms with van der Waals surface area (Å²) in [7, 11) is 0. The number of benzene rings is 4. The van der Waals surface area contributed by atoms with Crippen LogP contribution in [-0.2, 0) is 0 Å². The molecule has 0 bridgehead atoms. The van der Waals surface area contributed by atoms with E-state index in [9.17, 15) is 18.8 Å². The molecule has 4 aromatic rings. The molecule has 1 heterocycles. The van der Waals surface area contributed by atoms with Crippen LogP contribution in [-0.4, -0.2) is 35.7 Å². The van der Waals surface area contributed by atoms with E-state index in [1.54, 1.807) is 17.0 Å². The highest BCUT2D eigenvalue weighted by Gasteiger charge is 2.32. The second-order valence-electron chi connectivity index (χ2n) is 8.57. The first-order valence-electron chi connectivity index (χ1n) is 11.5. The summed E-state index contributed by atoms with van der Waals surface area (Å²) < 4.78 is 13.4. The highest BCUT2D eigenvalue weighted by Crippen LogP contribution is 2.30. The molecule has 35 heavy (non-hydrogen) atoms. The lowest BCUT2D eigenvalue weighted by Gasteiger charge is -2.29. The predicted octanol–water partition coefficient (Wildman–Crippen LogP) is 5.62. The number of hydrogen-bond donors (Lipinski definition) is 0. The van der Waals surface area contributed by atoms with Gasteiger partial charge in [0.2, 0.25) is 0 Å². The Labute approximate surface area is 202 Å². The number of imide groups is 1. The maximum atomic E-state index is 13.4. The Bertz CT molecular complexity index is 1410. The summed E-state index contributed by atoms with van der Waals surface area (Å²) in [6.07, 6.45) is 0.386. The molecule has 0 saturated heterocycles. The fourth-order valence-corrected chi connectivity index (χ4v) is 4.62. The highest BCUT2D eigenvalue weighted by atomic mass is 19.1. The van der Waals surface area contributed by atoms with Gasteiger partial charge in [-0.05, 0) is 66.8 Å². The zero-order chi connectivity index (χ0) is 24.5. The maximum absolute atomic E-state index is 13.4. The third-order valence-corrected chi connectivity index (χ3v) is 6.36. The average Bonchev–Trinajstić information content (AvgIpc) is 2.87. The number of amides is 3. The second-order valence-corrected chi connectivity index (χ2v) is 8.57.